The first-order valence-electron chi connectivity index (χ1n) is 4.17. The van der Waals surface area contributed by atoms with Crippen LogP contribution < -0.4 is 0 Å². The molecule has 0 unspecified atom stereocenters. The molecule has 68 valence electrons. The van der Waals surface area contributed by atoms with Gasteiger partial charge in [-0.2, -0.15) is 0 Å². The first-order valence-corrected chi connectivity index (χ1v) is 4.17. The van der Waals surface area contributed by atoms with Gasteiger partial charge >= 0.3 is 0 Å². The molecule has 0 aromatic carbocycles. The van der Waals surface area contributed by atoms with Gasteiger partial charge in [-0.25, -0.2) is 0 Å². The molecule has 0 fully saturated rings. The van der Waals surface area contributed by atoms with E-state index in [0.717, 1.165) is 6.42 Å². The Kier molecular flexibility index (Phi) is 4.49. The molecule has 1 N–H and O–H groups in total. The summed E-state index contributed by atoms with van der Waals surface area (Å²) in [6.45, 7) is 8.26. The highest BCUT2D eigenvalue weighted by molar-refractivity contribution is 6.29. The van der Waals surface area contributed by atoms with Crippen LogP contribution in [0.3, 0.4) is 0 Å². The average molecular weight is 166 g/mol. The first kappa shape index (κ1) is 11.1. The lowest BCUT2D eigenvalue weighted by Gasteiger charge is -2.16. The van der Waals surface area contributed by atoms with Gasteiger partial charge in [0.2, 0.25) is 0 Å². The van der Waals surface area contributed by atoms with Crippen molar-refractivity contribution >= 4 is 11.9 Å². The quantitative estimate of drug-likeness (QED) is 0.626. The van der Waals surface area contributed by atoms with Crippen molar-refractivity contribution in [1.29, 1.82) is 5.41 Å². The van der Waals surface area contributed by atoms with E-state index in [-0.39, 0.29) is 5.41 Å². The van der Waals surface area contributed by atoms with Crippen LogP contribution in [0.1, 0.15) is 34.1 Å². The summed E-state index contributed by atoms with van der Waals surface area (Å²) in [5.74, 6) is 0. The summed E-state index contributed by atoms with van der Waals surface area (Å²) in [5, 5.41) is 7.54. The van der Waals surface area contributed by atoms with Gasteiger partial charge < -0.3 is 5.41 Å². The molecule has 0 atom stereocenters. The molecular formula is C10H18N2. The molecule has 0 aliphatic carbocycles. The van der Waals surface area contributed by atoms with E-state index in [1.54, 1.807) is 12.4 Å². The summed E-state index contributed by atoms with van der Waals surface area (Å²) >= 11 is 0. The molecule has 0 aliphatic rings. The Balaban J connectivity index is 3.91. The minimum absolute atomic E-state index is 0.180. The van der Waals surface area contributed by atoms with Gasteiger partial charge in [-0.1, -0.05) is 26.8 Å². The number of nitrogens with zero attached hydrogens (tertiary/aromatic N) is 1. The maximum atomic E-state index is 7.54. The Hall–Kier alpha value is -0.920. The summed E-state index contributed by atoms with van der Waals surface area (Å²) in [5.41, 5.74) is 0.763. The number of hydrogen-bond acceptors (Lipinski definition) is 2. The molecule has 0 heterocycles. The Morgan fingerprint density at radius 1 is 1.42 bits per heavy atom. The molecule has 12 heavy (non-hydrogen) atoms. The van der Waals surface area contributed by atoms with Crippen LogP contribution in [-0.4, -0.2) is 11.9 Å². The second-order valence-corrected chi connectivity index (χ2v) is 4.02. The van der Waals surface area contributed by atoms with Crippen LogP contribution in [0.15, 0.2) is 17.3 Å². The third kappa shape index (κ3) is 7.19. The molecule has 0 aromatic heterocycles. The third-order valence-corrected chi connectivity index (χ3v) is 1.19. The number of allylic oxidation sites excluding steroid dienone is 1. The highest BCUT2D eigenvalue weighted by Gasteiger charge is 2.11. The van der Waals surface area contributed by atoms with Crippen LogP contribution in [0.2, 0.25) is 0 Å². The van der Waals surface area contributed by atoms with Crippen molar-refractivity contribution in [2.24, 2.45) is 10.4 Å². The second kappa shape index (κ2) is 4.86. The van der Waals surface area contributed by atoms with Gasteiger partial charge in [-0.05, 0) is 18.8 Å². The zero-order chi connectivity index (χ0) is 9.61. The van der Waals surface area contributed by atoms with E-state index in [2.05, 4.69) is 25.8 Å². The lowest BCUT2D eigenvalue weighted by atomic mass is 9.90. The summed E-state index contributed by atoms with van der Waals surface area (Å²) in [6.07, 6.45) is 5.91. The molecule has 0 radical (unpaired) electrons. The monoisotopic (exact) mass is 166 g/mol. The summed E-state index contributed by atoms with van der Waals surface area (Å²) in [6, 6.07) is 0. The third-order valence-electron chi connectivity index (χ3n) is 1.19. The number of hydrogen-bond donors (Lipinski definition) is 1. The standard InChI is InChI=1S/C10H18N2/c1-5-6-12-8-9(11)7-10(2,3)4/h5-6,8,11H,7H2,1-4H3/b6-5-,11-9?,12-8?. The molecule has 0 aliphatic heterocycles. The molecule has 2 heteroatoms. The molecule has 0 bridgehead atoms. The minimum Gasteiger partial charge on any atom is -0.304 e. The highest BCUT2D eigenvalue weighted by Crippen LogP contribution is 2.17. The minimum atomic E-state index is 0.180. The van der Waals surface area contributed by atoms with Gasteiger partial charge in [0.25, 0.3) is 0 Å². The van der Waals surface area contributed by atoms with E-state index in [0.29, 0.717) is 5.71 Å². The largest absolute Gasteiger partial charge is 0.304 e. The molecule has 0 spiro atoms. The molecule has 0 aromatic rings. The van der Waals surface area contributed by atoms with E-state index < -0.39 is 0 Å². The Morgan fingerprint density at radius 3 is 2.42 bits per heavy atom. The van der Waals surface area contributed by atoms with Crippen LogP contribution >= 0.6 is 0 Å². The summed E-state index contributed by atoms with van der Waals surface area (Å²) < 4.78 is 0. The first-order chi connectivity index (χ1) is 5.45. The number of rotatable bonds is 3. The molecule has 0 saturated heterocycles. The summed E-state index contributed by atoms with van der Waals surface area (Å²) in [4.78, 5) is 3.94. The van der Waals surface area contributed by atoms with Gasteiger partial charge in [0.1, 0.15) is 0 Å². The zero-order valence-corrected chi connectivity index (χ0v) is 8.39. The Morgan fingerprint density at radius 2 is 2.00 bits per heavy atom. The number of nitrogens with one attached hydrogen (secondary N) is 1. The predicted molar refractivity (Wildman–Crippen MR) is 55.1 cm³/mol. The van der Waals surface area contributed by atoms with Crippen molar-refractivity contribution in [3.63, 3.8) is 0 Å². The maximum Gasteiger partial charge on any atom is 0.0501 e. The van der Waals surface area contributed by atoms with Crippen LogP contribution in [0.5, 0.6) is 0 Å². The second-order valence-electron chi connectivity index (χ2n) is 4.02. The van der Waals surface area contributed by atoms with E-state index in [1.165, 1.54) is 0 Å². The number of aliphatic imine (C=N–C) groups is 1. The zero-order valence-electron chi connectivity index (χ0n) is 8.39. The topological polar surface area (TPSA) is 36.2 Å². The van der Waals surface area contributed by atoms with Crippen molar-refractivity contribution in [1.82, 2.24) is 0 Å². The average Bonchev–Trinajstić information content (AvgIpc) is 1.84. The van der Waals surface area contributed by atoms with Gasteiger partial charge in [-0.3, -0.25) is 4.99 Å². The van der Waals surface area contributed by atoms with Crippen LogP contribution in [0.4, 0.5) is 0 Å². The maximum absolute atomic E-state index is 7.54. The van der Waals surface area contributed by atoms with E-state index in [1.807, 2.05) is 13.0 Å². The van der Waals surface area contributed by atoms with E-state index >= 15 is 0 Å². The molecular weight excluding hydrogens is 148 g/mol. The van der Waals surface area contributed by atoms with Crippen molar-refractivity contribution in [3.05, 3.63) is 12.3 Å². The Labute approximate surface area is 74.9 Å². The van der Waals surface area contributed by atoms with Crippen LogP contribution in [-0.2, 0) is 0 Å². The fourth-order valence-electron chi connectivity index (χ4n) is 0.836. The molecule has 0 rings (SSSR count). The smallest absolute Gasteiger partial charge is 0.0501 e. The fraction of sp³-hybridized carbons (Fsp3) is 0.600. The highest BCUT2D eigenvalue weighted by atomic mass is 14.7. The van der Waals surface area contributed by atoms with Crippen LogP contribution in [0, 0.1) is 10.8 Å². The predicted octanol–water partition coefficient (Wildman–Crippen LogP) is 3.05. The van der Waals surface area contributed by atoms with E-state index in [9.17, 15) is 0 Å². The Bertz CT molecular complexity index is 194. The SMILES string of the molecule is C/C=C\N=CC(=N)CC(C)(C)C. The molecule has 2 nitrogen and oxygen atoms in total. The lowest BCUT2D eigenvalue weighted by molar-refractivity contribution is 0.435. The van der Waals surface area contributed by atoms with E-state index in [4.69, 9.17) is 5.41 Å². The van der Waals surface area contributed by atoms with Crippen molar-refractivity contribution < 1.29 is 0 Å². The van der Waals surface area contributed by atoms with Crippen LogP contribution in [0.25, 0.3) is 0 Å². The van der Waals surface area contributed by atoms with Crippen molar-refractivity contribution in [2.75, 3.05) is 0 Å². The van der Waals surface area contributed by atoms with Gasteiger partial charge in [0.15, 0.2) is 0 Å². The fourth-order valence-corrected chi connectivity index (χ4v) is 0.836. The van der Waals surface area contributed by atoms with Gasteiger partial charge in [-0.15, -0.1) is 0 Å². The molecule has 0 amide bonds. The van der Waals surface area contributed by atoms with Crippen molar-refractivity contribution in [2.45, 2.75) is 34.1 Å². The molecule has 0 saturated carbocycles. The summed E-state index contributed by atoms with van der Waals surface area (Å²) in [7, 11) is 0. The lowest BCUT2D eigenvalue weighted by Crippen LogP contribution is -2.12. The van der Waals surface area contributed by atoms with Gasteiger partial charge in [0.05, 0.1) is 5.71 Å². The van der Waals surface area contributed by atoms with Crippen molar-refractivity contribution in [3.8, 4) is 0 Å². The van der Waals surface area contributed by atoms with Gasteiger partial charge in [0, 0.05) is 12.4 Å². The normalized spacial score (nSPS) is 13.0.